The smallest absolute Gasteiger partial charge is 0.154 e. The fraction of sp³-hybridized carbons (Fsp3) is 0.643. The molecule has 2 heterocycles. The van der Waals surface area contributed by atoms with Gasteiger partial charge in [-0.3, -0.25) is 0 Å². The van der Waals surface area contributed by atoms with Gasteiger partial charge in [-0.15, -0.1) is 0 Å². The Hall–Kier alpha value is -1.14. The number of aromatic nitrogens is 1. The van der Waals surface area contributed by atoms with E-state index in [1.54, 1.807) is 0 Å². The maximum atomic E-state index is 11.7. The molecule has 20 heavy (non-hydrogen) atoms. The molecule has 1 aromatic heterocycles. The molecule has 1 saturated heterocycles. The van der Waals surface area contributed by atoms with E-state index in [1.807, 2.05) is 19.1 Å². The fourth-order valence-corrected chi connectivity index (χ4v) is 4.18. The predicted molar refractivity (Wildman–Crippen MR) is 81.6 cm³/mol. The number of rotatable bonds is 4. The Morgan fingerprint density at radius 2 is 2.20 bits per heavy atom. The molecular weight excluding hydrogens is 274 g/mol. The molecule has 0 spiro atoms. The number of aryl methyl sites for hydroxylation is 1. The minimum absolute atomic E-state index is 0.0382. The molecule has 0 saturated carbocycles. The molecule has 0 amide bonds. The van der Waals surface area contributed by atoms with E-state index >= 15 is 0 Å². The van der Waals surface area contributed by atoms with Gasteiger partial charge in [-0.2, -0.15) is 0 Å². The van der Waals surface area contributed by atoms with E-state index in [2.05, 4.69) is 16.8 Å². The van der Waals surface area contributed by atoms with Crippen molar-refractivity contribution >= 4 is 15.7 Å². The van der Waals surface area contributed by atoms with Crippen LogP contribution in [0.1, 0.15) is 31.5 Å². The van der Waals surface area contributed by atoms with Crippen molar-refractivity contribution in [2.45, 2.75) is 39.3 Å². The van der Waals surface area contributed by atoms with Crippen molar-refractivity contribution in [3.8, 4) is 0 Å². The number of hydrogen-bond acceptors (Lipinski definition) is 5. The minimum atomic E-state index is -2.90. The van der Waals surface area contributed by atoms with Gasteiger partial charge < -0.3 is 10.6 Å². The van der Waals surface area contributed by atoms with Crippen molar-refractivity contribution in [2.24, 2.45) is 5.73 Å². The first-order valence-electron chi connectivity index (χ1n) is 7.12. The number of nitrogens with zero attached hydrogens (tertiary/aromatic N) is 2. The maximum absolute atomic E-state index is 11.7. The standard InChI is InChI=1S/C14H23N3O2S/c1-3-4-13-7-12(9-15)8-14(16-13)17-5-6-20(18,19)10-11(17)2/h7-8,11H,3-6,9-10,15H2,1-2H3. The lowest BCUT2D eigenvalue weighted by Crippen LogP contribution is -2.47. The van der Waals surface area contributed by atoms with Gasteiger partial charge in [0, 0.05) is 24.8 Å². The summed E-state index contributed by atoms with van der Waals surface area (Å²) < 4.78 is 23.3. The summed E-state index contributed by atoms with van der Waals surface area (Å²) in [6.07, 6.45) is 1.95. The summed E-state index contributed by atoms with van der Waals surface area (Å²) in [4.78, 5) is 6.75. The Bertz CT molecular complexity index is 572. The molecule has 6 heteroatoms. The van der Waals surface area contributed by atoms with Gasteiger partial charge >= 0.3 is 0 Å². The molecule has 1 fully saturated rings. The molecule has 0 aromatic carbocycles. The number of nitrogens with two attached hydrogens (primary N) is 1. The van der Waals surface area contributed by atoms with Crippen LogP contribution in [-0.4, -0.2) is 37.5 Å². The average Bonchev–Trinajstić information content (AvgIpc) is 2.37. The average molecular weight is 297 g/mol. The topological polar surface area (TPSA) is 76.3 Å². The number of anilines is 1. The van der Waals surface area contributed by atoms with Crippen molar-refractivity contribution in [1.82, 2.24) is 4.98 Å². The minimum Gasteiger partial charge on any atom is -0.352 e. The highest BCUT2D eigenvalue weighted by molar-refractivity contribution is 7.91. The SMILES string of the molecule is CCCc1cc(CN)cc(N2CCS(=O)(=O)CC2C)n1. The van der Waals surface area contributed by atoms with Crippen LogP contribution >= 0.6 is 0 Å². The molecule has 2 N–H and O–H groups in total. The zero-order valence-corrected chi connectivity index (χ0v) is 13.0. The molecule has 1 aliphatic heterocycles. The second-order valence-electron chi connectivity index (χ2n) is 5.44. The monoisotopic (exact) mass is 297 g/mol. The summed E-state index contributed by atoms with van der Waals surface area (Å²) in [6.45, 7) is 5.04. The Balaban J connectivity index is 2.29. The zero-order valence-electron chi connectivity index (χ0n) is 12.2. The van der Waals surface area contributed by atoms with E-state index in [1.165, 1.54) is 0 Å². The van der Waals surface area contributed by atoms with Gasteiger partial charge in [0.05, 0.1) is 11.5 Å². The zero-order chi connectivity index (χ0) is 14.8. The van der Waals surface area contributed by atoms with Crippen LogP contribution in [-0.2, 0) is 22.8 Å². The van der Waals surface area contributed by atoms with Crippen molar-refractivity contribution in [3.05, 3.63) is 23.4 Å². The molecule has 2 rings (SSSR count). The first-order chi connectivity index (χ1) is 9.45. The van der Waals surface area contributed by atoms with Crippen molar-refractivity contribution < 1.29 is 8.42 Å². The van der Waals surface area contributed by atoms with Gasteiger partial charge in [0.15, 0.2) is 9.84 Å². The summed E-state index contributed by atoms with van der Waals surface area (Å²) in [6, 6.07) is 3.98. The Morgan fingerprint density at radius 1 is 1.45 bits per heavy atom. The first kappa shape index (κ1) is 15.3. The lowest BCUT2D eigenvalue weighted by molar-refractivity contribution is 0.566. The highest BCUT2D eigenvalue weighted by Crippen LogP contribution is 2.22. The quantitative estimate of drug-likeness (QED) is 0.901. The molecule has 0 aliphatic carbocycles. The summed E-state index contributed by atoms with van der Waals surface area (Å²) in [7, 11) is -2.90. The largest absolute Gasteiger partial charge is 0.352 e. The molecule has 0 radical (unpaired) electrons. The third-order valence-corrected chi connectivity index (χ3v) is 5.43. The van der Waals surface area contributed by atoms with Crippen molar-refractivity contribution in [1.29, 1.82) is 0 Å². The number of hydrogen-bond donors (Lipinski definition) is 1. The summed E-state index contributed by atoms with van der Waals surface area (Å²) in [5, 5.41) is 0. The van der Waals surface area contributed by atoms with E-state index in [0.717, 1.165) is 29.9 Å². The second-order valence-corrected chi connectivity index (χ2v) is 7.66. The van der Waals surface area contributed by atoms with Gasteiger partial charge in [-0.1, -0.05) is 13.3 Å². The number of sulfone groups is 1. The Morgan fingerprint density at radius 3 is 2.80 bits per heavy atom. The van der Waals surface area contributed by atoms with Crippen LogP contribution in [0.25, 0.3) is 0 Å². The molecule has 1 unspecified atom stereocenters. The molecule has 5 nitrogen and oxygen atoms in total. The third kappa shape index (κ3) is 3.49. The van der Waals surface area contributed by atoms with E-state index in [0.29, 0.717) is 13.1 Å². The molecule has 0 bridgehead atoms. The van der Waals surface area contributed by atoms with Gasteiger partial charge in [0.2, 0.25) is 0 Å². The Kier molecular flexibility index (Phi) is 4.65. The second kappa shape index (κ2) is 6.10. The van der Waals surface area contributed by atoms with Crippen LogP contribution in [0.15, 0.2) is 12.1 Å². The van der Waals surface area contributed by atoms with Gasteiger partial charge in [0.1, 0.15) is 5.82 Å². The van der Waals surface area contributed by atoms with E-state index in [9.17, 15) is 8.42 Å². The fourth-order valence-electron chi connectivity index (χ4n) is 2.62. The third-order valence-electron chi connectivity index (χ3n) is 3.63. The molecular formula is C14H23N3O2S. The van der Waals surface area contributed by atoms with Crippen LogP contribution in [0.3, 0.4) is 0 Å². The van der Waals surface area contributed by atoms with Crippen LogP contribution in [0, 0.1) is 0 Å². The Labute approximate surface area is 121 Å². The maximum Gasteiger partial charge on any atom is 0.154 e. The van der Waals surface area contributed by atoms with Gasteiger partial charge in [-0.05, 0) is 31.0 Å². The van der Waals surface area contributed by atoms with E-state index in [-0.39, 0.29) is 17.5 Å². The summed E-state index contributed by atoms with van der Waals surface area (Å²) in [5.41, 5.74) is 7.84. The number of pyridine rings is 1. The highest BCUT2D eigenvalue weighted by atomic mass is 32.2. The van der Waals surface area contributed by atoms with Crippen LogP contribution in [0.2, 0.25) is 0 Å². The highest BCUT2D eigenvalue weighted by Gasteiger charge is 2.29. The summed E-state index contributed by atoms with van der Waals surface area (Å²) >= 11 is 0. The van der Waals surface area contributed by atoms with Crippen LogP contribution < -0.4 is 10.6 Å². The van der Waals surface area contributed by atoms with Crippen LogP contribution in [0.5, 0.6) is 0 Å². The molecule has 112 valence electrons. The summed E-state index contributed by atoms with van der Waals surface area (Å²) in [5.74, 6) is 1.26. The van der Waals surface area contributed by atoms with Gasteiger partial charge in [0.25, 0.3) is 0 Å². The molecule has 1 aliphatic rings. The normalized spacial score (nSPS) is 21.9. The van der Waals surface area contributed by atoms with E-state index in [4.69, 9.17) is 5.73 Å². The lowest BCUT2D eigenvalue weighted by Gasteiger charge is -2.34. The lowest BCUT2D eigenvalue weighted by atomic mass is 10.1. The molecule has 1 aromatic rings. The van der Waals surface area contributed by atoms with Gasteiger partial charge in [-0.25, -0.2) is 13.4 Å². The van der Waals surface area contributed by atoms with Crippen LogP contribution in [0.4, 0.5) is 5.82 Å². The predicted octanol–water partition coefficient (Wildman–Crippen LogP) is 1.12. The van der Waals surface area contributed by atoms with Crippen molar-refractivity contribution in [3.63, 3.8) is 0 Å². The van der Waals surface area contributed by atoms with Crippen molar-refractivity contribution in [2.75, 3.05) is 23.0 Å². The molecule has 1 atom stereocenters. The first-order valence-corrected chi connectivity index (χ1v) is 8.94. The van der Waals surface area contributed by atoms with E-state index < -0.39 is 9.84 Å².